The molecule has 1 fully saturated rings. The molecular weight excluding hydrogens is 164 g/mol. The van der Waals surface area contributed by atoms with Gasteiger partial charge in [-0.3, -0.25) is 0 Å². The number of likely N-dealkylation sites (tertiary alicyclic amines) is 1. The van der Waals surface area contributed by atoms with E-state index in [0.717, 1.165) is 25.9 Å². The van der Waals surface area contributed by atoms with E-state index < -0.39 is 6.10 Å². The van der Waals surface area contributed by atoms with Crippen molar-refractivity contribution in [2.45, 2.75) is 38.8 Å². The van der Waals surface area contributed by atoms with Crippen LogP contribution in [0.1, 0.15) is 26.7 Å². The largest absolute Gasteiger partial charge is 0.392 e. The molecule has 3 heteroatoms. The van der Waals surface area contributed by atoms with Gasteiger partial charge in [0, 0.05) is 12.6 Å². The summed E-state index contributed by atoms with van der Waals surface area (Å²) < 4.78 is 0. The molecule has 0 aliphatic carbocycles. The molecule has 0 radical (unpaired) electrons. The van der Waals surface area contributed by atoms with Gasteiger partial charge in [0.05, 0.1) is 18.1 Å². The first-order valence-corrected chi connectivity index (χ1v) is 4.97. The maximum absolute atomic E-state index is 9.60. The fourth-order valence-electron chi connectivity index (χ4n) is 1.78. The first kappa shape index (κ1) is 10.5. The molecule has 2 atom stereocenters. The summed E-state index contributed by atoms with van der Waals surface area (Å²) in [6.07, 6.45) is 1.11. The molecule has 1 N–H and O–H groups in total. The van der Waals surface area contributed by atoms with E-state index in [-0.39, 0.29) is 5.92 Å². The topological polar surface area (TPSA) is 47.3 Å². The maximum Gasteiger partial charge on any atom is 0.0735 e. The molecule has 0 spiro atoms. The Morgan fingerprint density at radius 2 is 2.00 bits per heavy atom. The van der Waals surface area contributed by atoms with Gasteiger partial charge in [0.25, 0.3) is 0 Å². The Hall–Kier alpha value is -0.590. The minimum atomic E-state index is -0.422. The van der Waals surface area contributed by atoms with E-state index in [1.165, 1.54) is 0 Å². The molecular formula is C10H18N2O. The lowest BCUT2D eigenvalue weighted by Gasteiger charge is -2.23. The van der Waals surface area contributed by atoms with E-state index in [2.05, 4.69) is 24.8 Å². The van der Waals surface area contributed by atoms with Gasteiger partial charge in [0.1, 0.15) is 0 Å². The molecule has 0 aromatic rings. The molecule has 74 valence electrons. The summed E-state index contributed by atoms with van der Waals surface area (Å²) in [5, 5.41) is 18.4. The van der Waals surface area contributed by atoms with E-state index in [1.54, 1.807) is 0 Å². The molecule has 1 rings (SSSR count). The summed E-state index contributed by atoms with van der Waals surface area (Å²) in [7, 11) is 0. The van der Waals surface area contributed by atoms with Crippen molar-refractivity contribution < 1.29 is 5.11 Å². The van der Waals surface area contributed by atoms with Gasteiger partial charge in [-0.05, 0) is 33.2 Å². The fourth-order valence-corrected chi connectivity index (χ4v) is 1.78. The zero-order valence-electron chi connectivity index (χ0n) is 8.40. The van der Waals surface area contributed by atoms with Crippen molar-refractivity contribution in [2.75, 3.05) is 13.1 Å². The van der Waals surface area contributed by atoms with Crippen LogP contribution in [0.25, 0.3) is 0 Å². The van der Waals surface area contributed by atoms with E-state index in [9.17, 15) is 5.11 Å². The quantitative estimate of drug-likeness (QED) is 0.658. The average Bonchev–Trinajstić information content (AvgIpc) is 2.27. The zero-order valence-corrected chi connectivity index (χ0v) is 8.40. The van der Waals surface area contributed by atoms with Crippen molar-refractivity contribution in [2.24, 2.45) is 5.92 Å². The van der Waals surface area contributed by atoms with Crippen LogP contribution < -0.4 is 0 Å². The van der Waals surface area contributed by atoms with E-state index >= 15 is 0 Å². The monoisotopic (exact) mass is 182 g/mol. The Morgan fingerprint density at radius 3 is 2.54 bits per heavy atom. The normalized spacial score (nSPS) is 31.3. The van der Waals surface area contributed by atoms with Gasteiger partial charge in [-0.1, -0.05) is 0 Å². The van der Waals surface area contributed by atoms with Gasteiger partial charge in [0.15, 0.2) is 0 Å². The van der Waals surface area contributed by atoms with Gasteiger partial charge < -0.3 is 10.0 Å². The van der Waals surface area contributed by atoms with Crippen molar-refractivity contribution >= 4 is 0 Å². The smallest absolute Gasteiger partial charge is 0.0735 e. The predicted molar refractivity (Wildman–Crippen MR) is 51.1 cm³/mol. The summed E-state index contributed by atoms with van der Waals surface area (Å²) in [4.78, 5) is 2.32. The highest BCUT2D eigenvalue weighted by atomic mass is 16.3. The van der Waals surface area contributed by atoms with Gasteiger partial charge in [-0.25, -0.2) is 0 Å². The second-order valence-corrected chi connectivity index (χ2v) is 4.01. The number of aliphatic hydroxyl groups is 1. The van der Waals surface area contributed by atoms with E-state index in [1.807, 2.05) is 0 Å². The third kappa shape index (κ3) is 2.68. The van der Waals surface area contributed by atoms with Crippen LogP contribution in [0.4, 0.5) is 0 Å². The third-order valence-corrected chi connectivity index (χ3v) is 2.80. The van der Waals surface area contributed by atoms with Crippen LogP contribution >= 0.6 is 0 Å². The van der Waals surface area contributed by atoms with Crippen LogP contribution in [-0.2, 0) is 0 Å². The lowest BCUT2D eigenvalue weighted by Crippen LogP contribution is -2.31. The minimum Gasteiger partial charge on any atom is -0.392 e. The van der Waals surface area contributed by atoms with Gasteiger partial charge in [0.2, 0.25) is 0 Å². The molecule has 0 amide bonds. The van der Waals surface area contributed by atoms with E-state index in [4.69, 9.17) is 5.26 Å². The number of rotatable bonds is 1. The highest BCUT2D eigenvalue weighted by molar-refractivity contribution is 4.91. The molecule has 13 heavy (non-hydrogen) atoms. The highest BCUT2D eigenvalue weighted by Gasteiger charge is 2.25. The van der Waals surface area contributed by atoms with Gasteiger partial charge in [-0.2, -0.15) is 5.26 Å². The Kier molecular flexibility index (Phi) is 3.71. The molecule has 1 heterocycles. The zero-order chi connectivity index (χ0) is 9.84. The van der Waals surface area contributed by atoms with Crippen molar-refractivity contribution in [3.63, 3.8) is 0 Å². The lowest BCUT2D eigenvalue weighted by molar-refractivity contribution is 0.126. The number of nitrogens with zero attached hydrogens (tertiary/aromatic N) is 2. The summed E-state index contributed by atoms with van der Waals surface area (Å²) in [6.45, 7) is 6.15. The Morgan fingerprint density at radius 1 is 1.38 bits per heavy atom. The SMILES string of the molecule is CC(C)N1CCC(C#N)[C@@H](O)CC1. The second-order valence-electron chi connectivity index (χ2n) is 4.01. The molecule has 1 saturated heterocycles. The van der Waals surface area contributed by atoms with Gasteiger partial charge >= 0.3 is 0 Å². The lowest BCUT2D eigenvalue weighted by atomic mass is 10.00. The third-order valence-electron chi connectivity index (χ3n) is 2.80. The van der Waals surface area contributed by atoms with Crippen LogP contribution in [0.15, 0.2) is 0 Å². The molecule has 0 aromatic carbocycles. The van der Waals surface area contributed by atoms with Crippen molar-refractivity contribution in [1.82, 2.24) is 4.90 Å². The van der Waals surface area contributed by atoms with Crippen LogP contribution in [0.3, 0.4) is 0 Å². The minimum absolute atomic E-state index is 0.163. The molecule has 3 nitrogen and oxygen atoms in total. The average molecular weight is 182 g/mol. The highest BCUT2D eigenvalue weighted by Crippen LogP contribution is 2.18. The maximum atomic E-state index is 9.60. The van der Waals surface area contributed by atoms with Crippen LogP contribution in [-0.4, -0.2) is 35.2 Å². The standard InChI is InChI=1S/C10H18N2O/c1-8(2)12-5-3-9(7-11)10(13)4-6-12/h8-10,13H,3-6H2,1-2H3/t9?,10-/m0/s1. The Bertz CT molecular complexity index is 198. The number of hydrogen-bond donors (Lipinski definition) is 1. The summed E-state index contributed by atoms with van der Waals surface area (Å²) in [6, 6.07) is 2.69. The Balaban J connectivity index is 2.52. The van der Waals surface area contributed by atoms with Crippen LogP contribution in [0.2, 0.25) is 0 Å². The fraction of sp³-hybridized carbons (Fsp3) is 0.900. The van der Waals surface area contributed by atoms with Gasteiger partial charge in [-0.15, -0.1) is 0 Å². The van der Waals surface area contributed by atoms with E-state index in [0.29, 0.717) is 6.04 Å². The summed E-state index contributed by atoms with van der Waals surface area (Å²) >= 11 is 0. The molecule has 0 bridgehead atoms. The number of aliphatic hydroxyl groups excluding tert-OH is 1. The first-order chi connectivity index (χ1) is 6.15. The van der Waals surface area contributed by atoms with Crippen LogP contribution in [0.5, 0.6) is 0 Å². The Labute approximate surface area is 80.0 Å². The first-order valence-electron chi connectivity index (χ1n) is 4.97. The summed E-state index contributed by atoms with van der Waals surface area (Å²) in [5.41, 5.74) is 0. The predicted octanol–water partition coefficient (Wildman–Crippen LogP) is 0.991. The molecule has 1 aliphatic heterocycles. The van der Waals surface area contributed by atoms with Crippen molar-refractivity contribution in [1.29, 1.82) is 5.26 Å². The molecule has 0 aromatic heterocycles. The summed E-state index contributed by atoms with van der Waals surface area (Å²) in [5.74, 6) is -0.163. The molecule has 1 unspecified atom stereocenters. The van der Waals surface area contributed by atoms with Crippen molar-refractivity contribution in [3.05, 3.63) is 0 Å². The van der Waals surface area contributed by atoms with Crippen molar-refractivity contribution in [3.8, 4) is 6.07 Å². The molecule has 1 aliphatic rings. The molecule has 0 saturated carbocycles. The number of nitriles is 1. The van der Waals surface area contributed by atoms with Crippen LogP contribution in [0, 0.1) is 17.2 Å². The second kappa shape index (κ2) is 4.59. The number of hydrogen-bond acceptors (Lipinski definition) is 3.